The van der Waals surface area contributed by atoms with Crippen molar-refractivity contribution in [1.82, 2.24) is 0 Å². The van der Waals surface area contributed by atoms with E-state index in [1.165, 1.54) is 10.6 Å². The van der Waals surface area contributed by atoms with Gasteiger partial charge in [0.1, 0.15) is 0 Å². The van der Waals surface area contributed by atoms with Crippen LogP contribution in [-0.2, 0) is 4.79 Å². The summed E-state index contributed by atoms with van der Waals surface area (Å²) in [6, 6.07) is 7.85. The minimum absolute atomic E-state index is 0.0317. The molecule has 0 spiro atoms. The zero-order valence-corrected chi connectivity index (χ0v) is 12.7. The van der Waals surface area contributed by atoms with Crippen LogP contribution in [0.3, 0.4) is 0 Å². The summed E-state index contributed by atoms with van der Waals surface area (Å²) in [4.78, 5) is 12.6. The zero-order chi connectivity index (χ0) is 14.9. The monoisotopic (exact) mass is 273 g/mol. The molecular formula is C16H23N3O. The van der Waals surface area contributed by atoms with Crippen molar-refractivity contribution in [3.8, 4) is 0 Å². The van der Waals surface area contributed by atoms with Crippen LogP contribution in [0.4, 0.5) is 5.69 Å². The fourth-order valence-corrected chi connectivity index (χ4v) is 2.46. The van der Waals surface area contributed by atoms with Crippen molar-refractivity contribution in [1.29, 1.82) is 0 Å². The van der Waals surface area contributed by atoms with E-state index in [-0.39, 0.29) is 17.2 Å². The molecule has 0 bridgehead atoms. The van der Waals surface area contributed by atoms with Crippen molar-refractivity contribution in [3.63, 3.8) is 0 Å². The zero-order valence-electron chi connectivity index (χ0n) is 12.7. The molecule has 1 aromatic rings. The molecule has 0 radical (unpaired) electrons. The average molecular weight is 273 g/mol. The molecule has 1 aromatic carbocycles. The Bertz CT molecular complexity index is 526. The van der Waals surface area contributed by atoms with Gasteiger partial charge in [-0.25, -0.2) is 5.01 Å². The van der Waals surface area contributed by atoms with Gasteiger partial charge in [-0.15, -0.1) is 0 Å². The Kier molecular flexibility index (Phi) is 3.95. The van der Waals surface area contributed by atoms with Gasteiger partial charge in [-0.2, -0.15) is 5.10 Å². The quantitative estimate of drug-likeness (QED) is 0.920. The topological polar surface area (TPSA) is 58.7 Å². The summed E-state index contributed by atoms with van der Waals surface area (Å²) in [7, 11) is 0. The Balaban J connectivity index is 2.38. The van der Waals surface area contributed by atoms with Crippen LogP contribution in [-0.4, -0.2) is 18.2 Å². The summed E-state index contributed by atoms with van der Waals surface area (Å²) in [6.07, 6.45) is 0.650. The average Bonchev–Trinajstić information content (AvgIpc) is 2.69. The first-order valence-corrected chi connectivity index (χ1v) is 7.04. The van der Waals surface area contributed by atoms with Gasteiger partial charge in [-0.1, -0.05) is 38.5 Å². The van der Waals surface area contributed by atoms with Gasteiger partial charge in [0.05, 0.1) is 17.3 Å². The molecule has 2 rings (SSSR count). The molecule has 20 heavy (non-hydrogen) atoms. The lowest BCUT2D eigenvalue weighted by molar-refractivity contribution is -0.119. The first-order valence-electron chi connectivity index (χ1n) is 7.04. The number of rotatable bonds is 3. The van der Waals surface area contributed by atoms with Crippen LogP contribution in [0.25, 0.3) is 0 Å². The van der Waals surface area contributed by atoms with Crippen LogP contribution < -0.4 is 10.7 Å². The Labute approximate surface area is 120 Å². The van der Waals surface area contributed by atoms with Crippen LogP contribution in [0.1, 0.15) is 32.8 Å². The molecule has 1 unspecified atom stereocenters. The van der Waals surface area contributed by atoms with Gasteiger partial charge in [0.25, 0.3) is 5.91 Å². The SMILES string of the molecule is Cc1ccc(N2N=C(C(C)(C)C)C(CCN)C2=O)cc1. The molecule has 0 aliphatic carbocycles. The van der Waals surface area contributed by atoms with Gasteiger partial charge >= 0.3 is 0 Å². The van der Waals surface area contributed by atoms with Gasteiger partial charge < -0.3 is 5.73 Å². The van der Waals surface area contributed by atoms with Gasteiger partial charge in [0, 0.05) is 5.41 Å². The number of anilines is 1. The Hall–Kier alpha value is -1.68. The number of amides is 1. The highest BCUT2D eigenvalue weighted by molar-refractivity contribution is 6.17. The number of hydrazone groups is 1. The number of nitrogens with two attached hydrogens (primary N) is 1. The maximum atomic E-state index is 12.6. The van der Waals surface area contributed by atoms with E-state index in [9.17, 15) is 4.79 Å². The third kappa shape index (κ3) is 2.75. The highest BCUT2D eigenvalue weighted by Gasteiger charge is 2.40. The second-order valence-corrected chi connectivity index (χ2v) is 6.35. The molecular weight excluding hydrogens is 250 g/mol. The predicted molar refractivity (Wildman–Crippen MR) is 82.7 cm³/mol. The van der Waals surface area contributed by atoms with Crippen molar-refractivity contribution in [2.75, 3.05) is 11.6 Å². The van der Waals surface area contributed by atoms with E-state index >= 15 is 0 Å². The van der Waals surface area contributed by atoms with Gasteiger partial charge in [0.2, 0.25) is 0 Å². The Morgan fingerprint density at radius 3 is 2.35 bits per heavy atom. The second kappa shape index (κ2) is 5.37. The van der Waals surface area contributed by atoms with Crippen LogP contribution in [0.5, 0.6) is 0 Å². The number of hydrogen-bond acceptors (Lipinski definition) is 3. The summed E-state index contributed by atoms with van der Waals surface area (Å²) in [5.41, 5.74) is 8.44. The molecule has 4 heteroatoms. The molecule has 1 atom stereocenters. The summed E-state index contributed by atoms with van der Waals surface area (Å²) in [5.74, 6) is -0.162. The Morgan fingerprint density at radius 2 is 1.85 bits per heavy atom. The maximum absolute atomic E-state index is 12.6. The molecule has 0 aromatic heterocycles. The molecule has 0 saturated carbocycles. The number of nitrogens with zero attached hydrogens (tertiary/aromatic N) is 2. The molecule has 1 amide bonds. The van der Waals surface area contributed by atoms with Crippen LogP contribution in [0.15, 0.2) is 29.4 Å². The van der Waals surface area contributed by atoms with E-state index in [4.69, 9.17) is 5.73 Å². The number of aryl methyl sites for hydroxylation is 1. The lowest BCUT2D eigenvalue weighted by atomic mass is 9.81. The van der Waals surface area contributed by atoms with Crippen molar-refractivity contribution >= 4 is 17.3 Å². The third-order valence-corrected chi connectivity index (χ3v) is 3.55. The first-order chi connectivity index (χ1) is 9.34. The smallest absolute Gasteiger partial charge is 0.256 e. The summed E-state index contributed by atoms with van der Waals surface area (Å²) < 4.78 is 0. The molecule has 108 valence electrons. The van der Waals surface area contributed by atoms with E-state index < -0.39 is 0 Å². The van der Waals surface area contributed by atoms with Crippen molar-refractivity contribution in [3.05, 3.63) is 29.8 Å². The number of carbonyl (C=O) groups excluding carboxylic acids is 1. The van der Waals surface area contributed by atoms with Crippen molar-refractivity contribution < 1.29 is 4.79 Å². The van der Waals surface area contributed by atoms with Crippen molar-refractivity contribution in [2.24, 2.45) is 22.2 Å². The predicted octanol–water partition coefficient (Wildman–Crippen LogP) is 2.71. The highest BCUT2D eigenvalue weighted by Crippen LogP contribution is 2.33. The molecule has 4 nitrogen and oxygen atoms in total. The summed E-state index contributed by atoms with van der Waals surface area (Å²) in [5, 5.41) is 6.11. The first kappa shape index (κ1) is 14.7. The van der Waals surface area contributed by atoms with Crippen LogP contribution >= 0.6 is 0 Å². The van der Waals surface area contributed by atoms with E-state index in [1.807, 2.05) is 31.2 Å². The lowest BCUT2D eigenvalue weighted by Crippen LogP contribution is -2.33. The Morgan fingerprint density at radius 1 is 1.25 bits per heavy atom. The maximum Gasteiger partial charge on any atom is 0.256 e. The van der Waals surface area contributed by atoms with Gasteiger partial charge in [0.15, 0.2) is 0 Å². The summed E-state index contributed by atoms with van der Waals surface area (Å²) in [6.45, 7) is 8.77. The number of hydrogen-bond donors (Lipinski definition) is 1. The number of carbonyl (C=O) groups is 1. The van der Waals surface area contributed by atoms with Crippen molar-refractivity contribution in [2.45, 2.75) is 34.1 Å². The van der Waals surface area contributed by atoms with Crippen LogP contribution in [0.2, 0.25) is 0 Å². The minimum atomic E-state index is -0.193. The molecule has 0 fully saturated rings. The van der Waals surface area contributed by atoms with Gasteiger partial charge in [-0.05, 0) is 32.0 Å². The lowest BCUT2D eigenvalue weighted by Gasteiger charge is -2.21. The number of benzene rings is 1. The fourth-order valence-electron chi connectivity index (χ4n) is 2.46. The van der Waals surface area contributed by atoms with E-state index in [0.717, 1.165) is 11.4 Å². The van der Waals surface area contributed by atoms with E-state index in [2.05, 4.69) is 25.9 Å². The third-order valence-electron chi connectivity index (χ3n) is 3.55. The molecule has 0 saturated heterocycles. The van der Waals surface area contributed by atoms with E-state index in [0.29, 0.717) is 13.0 Å². The molecule has 1 aliphatic rings. The molecule has 2 N–H and O–H groups in total. The highest BCUT2D eigenvalue weighted by atomic mass is 16.2. The fraction of sp³-hybridized carbons (Fsp3) is 0.500. The normalized spacial score (nSPS) is 19.4. The molecule has 1 heterocycles. The van der Waals surface area contributed by atoms with Gasteiger partial charge in [-0.3, -0.25) is 4.79 Å². The largest absolute Gasteiger partial charge is 0.330 e. The molecule has 1 aliphatic heterocycles. The minimum Gasteiger partial charge on any atom is -0.330 e. The van der Waals surface area contributed by atoms with Crippen LogP contribution in [0, 0.1) is 18.3 Å². The second-order valence-electron chi connectivity index (χ2n) is 6.35. The van der Waals surface area contributed by atoms with E-state index in [1.54, 1.807) is 0 Å². The summed E-state index contributed by atoms with van der Waals surface area (Å²) >= 11 is 0. The standard InChI is InChI=1S/C16H23N3O/c1-11-5-7-12(8-6-11)19-15(20)13(9-10-17)14(18-19)16(2,3)4/h5-8,13H,9-10,17H2,1-4H3.